The standard InChI is InChI=1S/C42H38N6O6/c1-53-31-17-13-29(14-18-31)25-45-39(49)33(21-27-9-5-3-6-10-27)37-36(24-44)48-38(35(23-43)47(37)41(45)51)34(22-28-11-7-4-8-12-28)40(50)46(42(48)52)26-30-15-19-32(54-2)20-16-30/h3-20,33-38H,21-22,25-26H2,1-2H3/t33-,34?,35+,36?,37?,38?/m1/s1. The summed E-state index contributed by atoms with van der Waals surface area (Å²) in [6, 6.07) is 30.3. The number of hydrogen-bond acceptors (Lipinski definition) is 8. The molecular formula is C42H38N6O6. The molecule has 4 aromatic rings. The van der Waals surface area contributed by atoms with Gasteiger partial charge < -0.3 is 9.47 Å². The van der Waals surface area contributed by atoms with Gasteiger partial charge in [-0.3, -0.25) is 29.2 Å². The summed E-state index contributed by atoms with van der Waals surface area (Å²) in [5.74, 6) is -1.84. The SMILES string of the molecule is COc1ccc(CN2C(=O)C(Cc3ccccc3)C3[C@H](C#N)N4C(=O)N(Cc5ccc(OC)cc5)C(=O)[C@H](Cc5ccccc5)C4C(C#N)N3C2=O)cc1. The molecule has 0 bridgehead atoms. The van der Waals surface area contributed by atoms with Crippen molar-refractivity contribution >= 4 is 23.9 Å². The smallest absolute Gasteiger partial charge is 0.328 e. The minimum Gasteiger partial charge on any atom is -0.497 e. The molecule has 4 aromatic carbocycles. The van der Waals surface area contributed by atoms with Crippen molar-refractivity contribution < 1.29 is 28.7 Å². The van der Waals surface area contributed by atoms with Crippen LogP contribution in [0.1, 0.15) is 22.3 Å². The summed E-state index contributed by atoms with van der Waals surface area (Å²) >= 11 is 0. The van der Waals surface area contributed by atoms with Crippen LogP contribution in [0.4, 0.5) is 9.59 Å². The third kappa shape index (κ3) is 6.47. The Kier molecular flexibility index (Phi) is 10.0. The lowest BCUT2D eigenvalue weighted by molar-refractivity contribution is -0.154. The molecule has 3 aliphatic rings. The van der Waals surface area contributed by atoms with Crippen LogP contribution in [0.25, 0.3) is 0 Å². The van der Waals surface area contributed by atoms with Gasteiger partial charge in [0.25, 0.3) is 0 Å². The number of nitrogens with zero attached hydrogens (tertiary/aromatic N) is 6. The topological polar surface area (TPSA) is 147 Å². The van der Waals surface area contributed by atoms with E-state index in [0.29, 0.717) is 22.6 Å². The number of rotatable bonds is 10. The highest BCUT2D eigenvalue weighted by molar-refractivity contribution is 6.02. The number of urea groups is 2. The zero-order valence-corrected chi connectivity index (χ0v) is 29.8. The van der Waals surface area contributed by atoms with Crippen molar-refractivity contribution in [2.24, 2.45) is 11.8 Å². The van der Waals surface area contributed by atoms with Crippen molar-refractivity contribution in [2.75, 3.05) is 14.2 Å². The van der Waals surface area contributed by atoms with E-state index in [9.17, 15) is 29.7 Å². The van der Waals surface area contributed by atoms with Gasteiger partial charge in [-0.15, -0.1) is 0 Å². The Hall–Kier alpha value is -6.66. The molecule has 3 fully saturated rings. The minimum absolute atomic E-state index is 0.0964. The van der Waals surface area contributed by atoms with Crippen LogP contribution in [0.2, 0.25) is 0 Å². The number of benzene rings is 4. The summed E-state index contributed by atoms with van der Waals surface area (Å²) in [7, 11) is 3.08. The van der Waals surface area contributed by atoms with Gasteiger partial charge >= 0.3 is 12.1 Å². The molecule has 0 saturated carbocycles. The van der Waals surface area contributed by atoms with Crippen LogP contribution >= 0.6 is 0 Å². The first kappa shape index (κ1) is 35.7. The molecule has 3 heterocycles. The Morgan fingerprint density at radius 3 is 1.19 bits per heavy atom. The Balaban J connectivity index is 1.35. The van der Waals surface area contributed by atoms with Crippen LogP contribution in [0.15, 0.2) is 109 Å². The van der Waals surface area contributed by atoms with E-state index in [0.717, 1.165) is 20.9 Å². The lowest BCUT2D eigenvalue weighted by Gasteiger charge is -2.59. The first-order chi connectivity index (χ1) is 26.3. The average Bonchev–Trinajstić information content (AvgIpc) is 3.21. The van der Waals surface area contributed by atoms with Crippen molar-refractivity contribution in [1.82, 2.24) is 19.6 Å². The second kappa shape index (κ2) is 15.1. The molecule has 3 saturated heterocycles. The molecule has 4 unspecified atom stereocenters. The number of piperazine rings is 1. The first-order valence-electron chi connectivity index (χ1n) is 17.7. The van der Waals surface area contributed by atoms with E-state index in [1.165, 1.54) is 9.80 Å². The lowest BCUT2D eigenvalue weighted by atomic mass is 9.74. The summed E-state index contributed by atoms with van der Waals surface area (Å²) in [6.07, 6.45) is 0.274. The Morgan fingerprint density at radius 2 is 0.870 bits per heavy atom. The number of nitriles is 2. The number of imide groups is 2. The fraction of sp³-hybridized carbons (Fsp3) is 0.286. The van der Waals surface area contributed by atoms with Crippen LogP contribution in [-0.4, -0.2) is 81.9 Å². The Morgan fingerprint density at radius 1 is 0.519 bits per heavy atom. The van der Waals surface area contributed by atoms with Gasteiger partial charge in [0, 0.05) is 0 Å². The van der Waals surface area contributed by atoms with Crippen molar-refractivity contribution in [2.45, 2.75) is 50.1 Å². The normalized spacial score (nSPS) is 23.6. The van der Waals surface area contributed by atoms with Crippen LogP contribution in [0, 0.1) is 34.5 Å². The van der Waals surface area contributed by atoms with Crippen molar-refractivity contribution in [3.8, 4) is 23.6 Å². The van der Waals surface area contributed by atoms with Gasteiger partial charge in [-0.1, -0.05) is 84.9 Å². The molecule has 6 amide bonds. The highest BCUT2D eigenvalue weighted by atomic mass is 16.5. The largest absolute Gasteiger partial charge is 0.497 e. The van der Waals surface area contributed by atoms with Crippen molar-refractivity contribution in [3.63, 3.8) is 0 Å². The highest BCUT2D eigenvalue weighted by Crippen LogP contribution is 2.43. The summed E-state index contributed by atoms with van der Waals surface area (Å²) < 4.78 is 10.6. The number of hydrogen-bond donors (Lipinski definition) is 0. The summed E-state index contributed by atoms with van der Waals surface area (Å²) in [5.41, 5.74) is 2.87. The molecule has 0 aromatic heterocycles. The van der Waals surface area contributed by atoms with E-state index in [-0.39, 0.29) is 25.9 Å². The van der Waals surface area contributed by atoms with E-state index in [4.69, 9.17) is 9.47 Å². The summed E-state index contributed by atoms with van der Waals surface area (Å²) in [6.45, 7) is -0.193. The maximum absolute atomic E-state index is 14.7. The monoisotopic (exact) mass is 722 g/mol. The van der Waals surface area contributed by atoms with Gasteiger partial charge in [-0.25, -0.2) is 9.59 Å². The highest BCUT2D eigenvalue weighted by Gasteiger charge is 2.64. The average molecular weight is 723 g/mol. The van der Waals surface area contributed by atoms with Gasteiger partial charge in [0.2, 0.25) is 11.8 Å². The van der Waals surface area contributed by atoms with Crippen molar-refractivity contribution in [3.05, 3.63) is 131 Å². The number of carbonyl (C=O) groups is 4. The predicted molar refractivity (Wildman–Crippen MR) is 195 cm³/mol. The van der Waals surface area contributed by atoms with Gasteiger partial charge in [-0.05, 0) is 59.4 Å². The minimum atomic E-state index is -1.36. The molecule has 3 aliphatic heterocycles. The van der Waals surface area contributed by atoms with E-state index >= 15 is 0 Å². The second-order valence-electron chi connectivity index (χ2n) is 13.6. The van der Waals surface area contributed by atoms with Gasteiger partial charge in [0.15, 0.2) is 0 Å². The third-order valence-electron chi connectivity index (χ3n) is 10.6. The zero-order chi connectivity index (χ0) is 37.9. The number of methoxy groups -OCH3 is 2. The van der Waals surface area contributed by atoms with Crippen LogP contribution < -0.4 is 9.47 Å². The third-order valence-corrected chi connectivity index (χ3v) is 10.6. The van der Waals surface area contributed by atoms with Crippen LogP contribution in [0.5, 0.6) is 11.5 Å². The molecule has 12 heteroatoms. The van der Waals surface area contributed by atoms with Gasteiger partial charge in [0.05, 0.1) is 63.4 Å². The predicted octanol–water partition coefficient (Wildman–Crippen LogP) is 5.19. The number of amides is 6. The van der Waals surface area contributed by atoms with Crippen molar-refractivity contribution in [1.29, 1.82) is 10.5 Å². The van der Waals surface area contributed by atoms with E-state index in [1.807, 2.05) is 60.7 Å². The molecule has 272 valence electrons. The molecular weight excluding hydrogens is 684 g/mol. The molecule has 12 nitrogen and oxygen atoms in total. The molecule has 0 aliphatic carbocycles. The first-order valence-corrected chi connectivity index (χ1v) is 17.7. The maximum Gasteiger partial charge on any atom is 0.328 e. The van der Waals surface area contributed by atoms with E-state index in [1.54, 1.807) is 62.8 Å². The number of ether oxygens (including phenoxy) is 2. The number of fused-ring (bicyclic) bond motifs is 2. The molecule has 54 heavy (non-hydrogen) atoms. The molecule has 0 N–H and O–H groups in total. The summed E-state index contributed by atoms with van der Waals surface area (Å²) in [4.78, 5) is 63.5. The maximum atomic E-state index is 14.7. The fourth-order valence-electron chi connectivity index (χ4n) is 8.03. The van der Waals surface area contributed by atoms with Gasteiger partial charge in [-0.2, -0.15) is 10.5 Å². The summed E-state index contributed by atoms with van der Waals surface area (Å²) in [5, 5.41) is 22.0. The quantitative estimate of drug-likeness (QED) is 0.218. The van der Waals surface area contributed by atoms with Crippen LogP contribution in [-0.2, 0) is 35.5 Å². The molecule has 7 rings (SSSR count). The van der Waals surface area contributed by atoms with Gasteiger partial charge in [0.1, 0.15) is 23.6 Å². The Bertz CT molecular complexity index is 1960. The Labute approximate surface area is 313 Å². The fourth-order valence-corrected chi connectivity index (χ4v) is 8.03. The van der Waals surface area contributed by atoms with E-state index in [2.05, 4.69) is 12.1 Å². The number of carbonyl (C=O) groups excluding carboxylic acids is 4. The van der Waals surface area contributed by atoms with Crippen LogP contribution in [0.3, 0.4) is 0 Å². The lowest BCUT2D eigenvalue weighted by Crippen LogP contribution is -2.81. The van der Waals surface area contributed by atoms with E-state index < -0.39 is 59.9 Å². The molecule has 0 radical (unpaired) electrons. The second-order valence-corrected chi connectivity index (χ2v) is 13.6. The molecule has 6 atom stereocenters. The molecule has 0 spiro atoms. The zero-order valence-electron chi connectivity index (χ0n) is 29.8.